The van der Waals surface area contributed by atoms with E-state index >= 15 is 0 Å². The molecule has 17 heavy (non-hydrogen) atoms. The number of piperazine rings is 1. The van der Waals surface area contributed by atoms with Crippen molar-refractivity contribution in [2.45, 2.75) is 0 Å². The van der Waals surface area contributed by atoms with E-state index < -0.39 is 0 Å². The first-order valence-electron chi connectivity index (χ1n) is 5.59. The summed E-state index contributed by atoms with van der Waals surface area (Å²) in [6.07, 6.45) is 0. The standard InChI is InChI=1S/C12H16BrFN2O/c1-15-5-7-16(8-6-15)12-10(17-2)4-3-9(13)11(12)14/h3-4H,5-8H2,1-2H3. The Morgan fingerprint density at radius 3 is 2.47 bits per heavy atom. The van der Waals surface area contributed by atoms with E-state index in [4.69, 9.17) is 4.74 Å². The lowest BCUT2D eigenvalue weighted by atomic mass is 10.2. The number of methoxy groups -OCH3 is 1. The van der Waals surface area contributed by atoms with E-state index in [1.807, 2.05) is 4.90 Å². The first kappa shape index (κ1) is 12.6. The predicted molar refractivity (Wildman–Crippen MR) is 70.4 cm³/mol. The Bertz CT molecular complexity index is 406. The lowest BCUT2D eigenvalue weighted by Crippen LogP contribution is -2.45. The molecule has 0 radical (unpaired) electrons. The van der Waals surface area contributed by atoms with Crippen LogP contribution >= 0.6 is 15.9 Å². The number of hydrogen-bond donors (Lipinski definition) is 0. The highest BCUT2D eigenvalue weighted by atomic mass is 79.9. The largest absolute Gasteiger partial charge is 0.494 e. The molecule has 0 atom stereocenters. The Balaban J connectivity index is 2.33. The minimum atomic E-state index is -0.242. The van der Waals surface area contributed by atoms with E-state index in [0.717, 1.165) is 26.2 Å². The maximum absolute atomic E-state index is 14.1. The zero-order valence-corrected chi connectivity index (χ0v) is 11.6. The summed E-state index contributed by atoms with van der Waals surface area (Å²) in [5, 5.41) is 0. The summed E-state index contributed by atoms with van der Waals surface area (Å²) >= 11 is 3.22. The molecule has 0 aliphatic carbocycles. The molecular formula is C12H16BrFN2O. The number of rotatable bonds is 2. The van der Waals surface area contributed by atoms with Gasteiger partial charge >= 0.3 is 0 Å². The fourth-order valence-electron chi connectivity index (χ4n) is 2.01. The van der Waals surface area contributed by atoms with Crippen LogP contribution in [0.15, 0.2) is 16.6 Å². The second kappa shape index (κ2) is 5.23. The molecule has 0 saturated carbocycles. The van der Waals surface area contributed by atoms with Crippen molar-refractivity contribution in [3.05, 3.63) is 22.4 Å². The molecule has 0 spiro atoms. The molecule has 1 heterocycles. The van der Waals surface area contributed by atoms with Gasteiger partial charge in [0, 0.05) is 26.2 Å². The molecule has 1 saturated heterocycles. The number of hydrogen-bond acceptors (Lipinski definition) is 3. The SMILES string of the molecule is COc1ccc(Br)c(F)c1N1CCN(C)CC1. The molecule has 0 bridgehead atoms. The molecule has 1 aliphatic rings. The lowest BCUT2D eigenvalue weighted by molar-refractivity contribution is 0.309. The molecule has 1 fully saturated rings. The minimum Gasteiger partial charge on any atom is -0.494 e. The lowest BCUT2D eigenvalue weighted by Gasteiger charge is -2.35. The fourth-order valence-corrected chi connectivity index (χ4v) is 2.33. The van der Waals surface area contributed by atoms with Crippen LogP contribution in [0.2, 0.25) is 0 Å². The first-order chi connectivity index (χ1) is 8.13. The number of nitrogens with zero attached hydrogens (tertiary/aromatic N) is 2. The van der Waals surface area contributed by atoms with Crippen LogP contribution < -0.4 is 9.64 Å². The van der Waals surface area contributed by atoms with E-state index in [-0.39, 0.29) is 5.82 Å². The van der Waals surface area contributed by atoms with Gasteiger partial charge in [-0.25, -0.2) is 4.39 Å². The number of halogens is 2. The van der Waals surface area contributed by atoms with Gasteiger partial charge in [-0.15, -0.1) is 0 Å². The van der Waals surface area contributed by atoms with E-state index in [1.165, 1.54) is 0 Å². The van der Waals surface area contributed by atoms with E-state index in [9.17, 15) is 4.39 Å². The molecule has 3 nitrogen and oxygen atoms in total. The topological polar surface area (TPSA) is 15.7 Å². The second-order valence-electron chi connectivity index (χ2n) is 4.20. The van der Waals surface area contributed by atoms with Gasteiger partial charge in [-0.1, -0.05) is 0 Å². The molecule has 0 N–H and O–H groups in total. The van der Waals surface area contributed by atoms with Crippen molar-refractivity contribution in [1.82, 2.24) is 4.90 Å². The van der Waals surface area contributed by atoms with Gasteiger partial charge < -0.3 is 14.5 Å². The number of ether oxygens (including phenoxy) is 1. The summed E-state index contributed by atoms with van der Waals surface area (Å²) in [7, 11) is 3.65. The van der Waals surface area contributed by atoms with Crippen LogP contribution in [-0.4, -0.2) is 45.2 Å². The van der Waals surface area contributed by atoms with Crippen molar-refractivity contribution >= 4 is 21.6 Å². The Morgan fingerprint density at radius 1 is 1.24 bits per heavy atom. The predicted octanol–water partition coefficient (Wildman–Crippen LogP) is 2.35. The van der Waals surface area contributed by atoms with Gasteiger partial charge in [0.05, 0.1) is 11.6 Å². The van der Waals surface area contributed by atoms with Crippen molar-refractivity contribution in [1.29, 1.82) is 0 Å². The van der Waals surface area contributed by atoms with Crippen LogP contribution in [0, 0.1) is 5.82 Å². The summed E-state index contributed by atoms with van der Waals surface area (Å²) < 4.78 is 19.9. The Hall–Kier alpha value is -0.810. The smallest absolute Gasteiger partial charge is 0.164 e. The summed E-state index contributed by atoms with van der Waals surface area (Å²) in [6, 6.07) is 3.47. The van der Waals surface area contributed by atoms with Gasteiger partial charge in [-0.05, 0) is 35.1 Å². The number of likely N-dealkylation sites (N-methyl/N-ethyl adjacent to an activating group) is 1. The van der Waals surface area contributed by atoms with Crippen molar-refractivity contribution in [3.8, 4) is 5.75 Å². The average Bonchev–Trinajstić information content (AvgIpc) is 2.34. The zero-order chi connectivity index (χ0) is 12.4. The fraction of sp³-hybridized carbons (Fsp3) is 0.500. The summed E-state index contributed by atoms with van der Waals surface area (Å²) in [4.78, 5) is 4.28. The van der Waals surface area contributed by atoms with Gasteiger partial charge in [-0.3, -0.25) is 0 Å². The van der Waals surface area contributed by atoms with E-state index in [2.05, 4.69) is 27.9 Å². The molecule has 2 rings (SSSR count). The Kier molecular flexibility index (Phi) is 3.89. The number of benzene rings is 1. The molecular weight excluding hydrogens is 287 g/mol. The van der Waals surface area contributed by atoms with Crippen LogP contribution in [0.1, 0.15) is 0 Å². The third kappa shape index (κ3) is 2.55. The normalized spacial score (nSPS) is 17.3. The van der Waals surface area contributed by atoms with Gasteiger partial charge in [0.15, 0.2) is 5.82 Å². The monoisotopic (exact) mass is 302 g/mol. The highest BCUT2D eigenvalue weighted by Gasteiger charge is 2.22. The quantitative estimate of drug-likeness (QED) is 0.834. The summed E-state index contributed by atoms with van der Waals surface area (Å²) in [6.45, 7) is 3.52. The zero-order valence-electron chi connectivity index (χ0n) is 10.0. The molecule has 0 aromatic heterocycles. The highest BCUT2D eigenvalue weighted by Crippen LogP contribution is 2.35. The molecule has 94 valence electrons. The van der Waals surface area contributed by atoms with Crippen molar-refractivity contribution in [2.24, 2.45) is 0 Å². The van der Waals surface area contributed by atoms with Crippen molar-refractivity contribution < 1.29 is 9.13 Å². The maximum atomic E-state index is 14.1. The maximum Gasteiger partial charge on any atom is 0.164 e. The van der Waals surface area contributed by atoms with Gasteiger partial charge in [-0.2, -0.15) is 0 Å². The van der Waals surface area contributed by atoms with Crippen LogP contribution in [0.25, 0.3) is 0 Å². The Labute approximate surface area is 109 Å². The molecule has 0 unspecified atom stereocenters. The second-order valence-corrected chi connectivity index (χ2v) is 5.06. The van der Waals surface area contributed by atoms with Crippen LogP contribution in [0.5, 0.6) is 5.75 Å². The Morgan fingerprint density at radius 2 is 1.88 bits per heavy atom. The molecule has 1 aromatic carbocycles. The van der Waals surface area contributed by atoms with Gasteiger partial charge in [0.2, 0.25) is 0 Å². The first-order valence-corrected chi connectivity index (χ1v) is 6.38. The molecule has 1 aromatic rings. The molecule has 1 aliphatic heterocycles. The third-order valence-electron chi connectivity index (χ3n) is 3.07. The highest BCUT2D eigenvalue weighted by molar-refractivity contribution is 9.10. The minimum absolute atomic E-state index is 0.242. The molecule has 0 amide bonds. The molecule has 5 heteroatoms. The van der Waals surface area contributed by atoms with Crippen LogP contribution in [0.4, 0.5) is 10.1 Å². The summed E-state index contributed by atoms with van der Waals surface area (Å²) in [5.74, 6) is 0.351. The van der Waals surface area contributed by atoms with Crippen molar-refractivity contribution in [2.75, 3.05) is 45.2 Å². The van der Waals surface area contributed by atoms with Gasteiger partial charge in [0.25, 0.3) is 0 Å². The van der Waals surface area contributed by atoms with Gasteiger partial charge in [0.1, 0.15) is 11.4 Å². The summed E-state index contributed by atoms with van der Waals surface area (Å²) in [5.41, 5.74) is 0.565. The van der Waals surface area contributed by atoms with E-state index in [0.29, 0.717) is 15.9 Å². The van der Waals surface area contributed by atoms with Crippen LogP contribution in [0.3, 0.4) is 0 Å². The average molecular weight is 303 g/mol. The van der Waals surface area contributed by atoms with Crippen LogP contribution in [-0.2, 0) is 0 Å². The van der Waals surface area contributed by atoms with Crippen molar-refractivity contribution in [3.63, 3.8) is 0 Å². The van der Waals surface area contributed by atoms with E-state index in [1.54, 1.807) is 19.2 Å². The third-order valence-corrected chi connectivity index (χ3v) is 3.68. The number of anilines is 1.